The van der Waals surface area contributed by atoms with E-state index in [1.165, 1.54) is 4.31 Å². The number of aryl methyl sites for hydroxylation is 1. The average Bonchev–Trinajstić information content (AvgIpc) is 3.28. The maximum atomic E-state index is 13.8. The lowest BCUT2D eigenvalue weighted by Gasteiger charge is -2.27. The Bertz CT molecular complexity index is 1390. The number of carbonyl (C=O) groups is 1. The number of benzene rings is 3. The van der Waals surface area contributed by atoms with Crippen LogP contribution in [0.3, 0.4) is 0 Å². The number of carbonyl (C=O) groups excluding carboxylic acids is 1. The van der Waals surface area contributed by atoms with Gasteiger partial charge in [-0.3, -0.25) is 4.79 Å². The molecule has 6 nitrogen and oxygen atoms in total. The Morgan fingerprint density at radius 1 is 0.857 bits per heavy atom. The number of hydrogen-bond acceptors (Lipinski definition) is 4. The van der Waals surface area contributed by atoms with Gasteiger partial charge in [0.25, 0.3) is 0 Å². The molecule has 0 atom stereocenters. The van der Waals surface area contributed by atoms with E-state index in [4.69, 9.17) is 4.42 Å². The van der Waals surface area contributed by atoms with Crippen LogP contribution in [-0.4, -0.2) is 36.6 Å². The Morgan fingerprint density at radius 3 is 2.29 bits per heavy atom. The summed E-state index contributed by atoms with van der Waals surface area (Å²) in [5, 5.41) is 1.49. The zero-order chi connectivity index (χ0) is 24.8. The molecule has 1 heterocycles. The fourth-order valence-electron chi connectivity index (χ4n) is 4.14. The molecule has 0 unspecified atom stereocenters. The highest BCUT2D eigenvalue weighted by atomic mass is 32.2. The molecule has 0 aliphatic carbocycles. The largest absolute Gasteiger partial charge is 0.464 e. The first-order chi connectivity index (χ1) is 16.9. The third kappa shape index (κ3) is 5.81. The van der Waals surface area contributed by atoms with Crippen LogP contribution in [-0.2, 0) is 27.9 Å². The van der Waals surface area contributed by atoms with E-state index in [1.807, 2.05) is 80.6 Å². The van der Waals surface area contributed by atoms with Gasteiger partial charge in [0.1, 0.15) is 11.5 Å². The Kier molecular flexibility index (Phi) is 7.68. The molecule has 0 fully saturated rings. The molecule has 1 amide bonds. The topological polar surface area (TPSA) is 70.8 Å². The Morgan fingerprint density at radius 2 is 1.57 bits per heavy atom. The van der Waals surface area contributed by atoms with Crippen molar-refractivity contribution in [2.45, 2.75) is 38.3 Å². The SMILES string of the molecule is CCCN(CC(=O)N(Cc1ccccc1)Cc1ccc(C)o1)S(=O)(=O)c1cccc2ccccc12. The highest BCUT2D eigenvalue weighted by Gasteiger charge is 2.29. The van der Waals surface area contributed by atoms with Gasteiger partial charge in [-0.05, 0) is 42.5 Å². The van der Waals surface area contributed by atoms with Crippen LogP contribution in [0.25, 0.3) is 10.8 Å². The van der Waals surface area contributed by atoms with Crippen LogP contribution in [0.2, 0.25) is 0 Å². The molecule has 1 aromatic heterocycles. The summed E-state index contributed by atoms with van der Waals surface area (Å²) in [6.45, 7) is 4.38. The molecule has 0 aliphatic rings. The van der Waals surface area contributed by atoms with Crippen molar-refractivity contribution in [2.75, 3.05) is 13.1 Å². The molecule has 0 radical (unpaired) electrons. The third-order valence-electron chi connectivity index (χ3n) is 5.86. The Labute approximate surface area is 206 Å². The molecule has 4 aromatic rings. The van der Waals surface area contributed by atoms with Crippen LogP contribution in [0.1, 0.15) is 30.4 Å². The molecule has 182 valence electrons. The van der Waals surface area contributed by atoms with E-state index in [1.54, 1.807) is 23.1 Å². The molecule has 0 saturated carbocycles. The average molecular weight is 491 g/mol. The first-order valence-corrected chi connectivity index (χ1v) is 13.2. The van der Waals surface area contributed by atoms with Gasteiger partial charge in [0.15, 0.2) is 0 Å². The van der Waals surface area contributed by atoms with Gasteiger partial charge < -0.3 is 9.32 Å². The second-order valence-electron chi connectivity index (χ2n) is 8.56. The molecular formula is C28H30N2O4S. The van der Waals surface area contributed by atoms with Crippen LogP contribution >= 0.6 is 0 Å². The van der Waals surface area contributed by atoms with E-state index >= 15 is 0 Å². The Balaban J connectivity index is 1.63. The quantitative estimate of drug-likeness (QED) is 0.300. The molecule has 35 heavy (non-hydrogen) atoms. The van der Waals surface area contributed by atoms with Gasteiger partial charge in [-0.15, -0.1) is 0 Å². The zero-order valence-electron chi connectivity index (χ0n) is 20.1. The number of hydrogen-bond donors (Lipinski definition) is 0. The second kappa shape index (κ2) is 10.9. The van der Waals surface area contributed by atoms with Crippen molar-refractivity contribution >= 4 is 26.7 Å². The van der Waals surface area contributed by atoms with Crippen molar-refractivity contribution in [3.63, 3.8) is 0 Å². The van der Waals surface area contributed by atoms with Crippen LogP contribution in [0.15, 0.2) is 94.2 Å². The van der Waals surface area contributed by atoms with E-state index in [2.05, 4.69) is 0 Å². The van der Waals surface area contributed by atoms with E-state index in [9.17, 15) is 13.2 Å². The predicted octanol–water partition coefficient (Wildman–Crippen LogP) is 5.37. The predicted molar refractivity (Wildman–Crippen MR) is 137 cm³/mol. The highest BCUT2D eigenvalue weighted by Crippen LogP contribution is 2.26. The van der Waals surface area contributed by atoms with E-state index < -0.39 is 10.0 Å². The zero-order valence-corrected chi connectivity index (χ0v) is 20.9. The van der Waals surface area contributed by atoms with Crippen molar-refractivity contribution in [1.82, 2.24) is 9.21 Å². The second-order valence-corrected chi connectivity index (χ2v) is 10.5. The summed E-state index contributed by atoms with van der Waals surface area (Å²) in [6, 6.07) is 26.0. The van der Waals surface area contributed by atoms with E-state index in [0.29, 0.717) is 24.1 Å². The summed E-state index contributed by atoms with van der Waals surface area (Å²) < 4.78 is 34.5. The number of rotatable bonds is 10. The minimum absolute atomic E-state index is 0.216. The van der Waals surface area contributed by atoms with Crippen LogP contribution < -0.4 is 0 Å². The van der Waals surface area contributed by atoms with Gasteiger partial charge >= 0.3 is 0 Å². The van der Waals surface area contributed by atoms with Crippen molar-refractivity contribution in [3.05, 3.63) is 102 Å². The van der Waals surface area contributed by atoms with Gasteiger partial charge in [-0.1, -0.05) is 73.7 Å². The molecule has 7 heteroatoms. The molecule has 0 spiro atoms. The fourth-order valence-corrected chi connectivity index (χ4v) is 5.83. The molecule has 0 saturated heterocycles. The first kappa shape index (κ1) is 24.7. The fraction of sp³-hybridized carbons (Fsp3) is 0.250. The molecule has 3 aromatic carbocycles. The molecule has 0 aliphatic heterocycles. The van der Waals surface area contributed by atoms with E-state index in [0.717, 1.165) is 16.7 Å². The van der Waals surface area contributed by atoms with Crippen molar-refractivity contribution in [2.24, 2.45) is 0 Å². The first-order valence-electron chi connectivity index (χ1n) is 11.7. The summed E-state index contributed by atoms with van der Waals surface area (Å²) >= 11 is 0. The van der Waals surface area contributed by atoms with Crippen molar-refractivity contribution in [3.8, 4) is 0 Å². The van der Waals surface area contributed by atoms with Crippen LogP contribution in [0.5, 0.6) is 0 Å². The summed E-state index contributed by atoms with van der Waals surface area (Å²) in [7, 11) is -3.90. The summed E-state index contributed by atoms with van der Waals surface area (Å²) in [4.78, 5) is 15.4. The number of sulfonamides is 1. The summed E-state index contributed by atoms with van der Waals surface area (Å²) in [6.07, 6.45) is 0.591. The number of fused-ring (bicyclic) bond motifs is 1. The monoisotopic (exact) mass is 490 g/mol. The van der Waals surface area contributed by atoms with Gasteiger partial charge in [0.05, 0.1) is 18.0 Å². The standard InChI is InChI=1S/C28H30N2O4S/c1-3-18-30(35(32,33)27-15-9-13-24-12-7-8-14-26(24)27)21-28(31)29(19-23-10-5-4-6-11-23)20-25-17-16-22(2)34-25/h4-17H,3,18-21H2,1-2H3. The normalized spacial score (nSPS) is 11.7. The molecule has 0 bridgehead atoms. The third-order valence-corrected chi connectivity index (χ3v) is 7.77. The Hall–Kier alpha value is -3.42. The minimum Gasteiger partial charge on any atom is -0.464 e. The molecule has 4 rings (SSSR count). The smallest absolute Gasteiger partial charge is 0.244 e. The minimum atomic E-state index is -3.90. The lowest BCUT2D eigenvalue weighted by atomic mass is 10.1. The summed E-state index contributed by atoms with van der Waals surface area (Å²) in [5.41, 5.74) is 0.961. The number of furan rings is 1. The highest BCUT2D eigenvalue weighted by molar-refractivity contribution is 7.89. The number of nitrogens with zero attached hydrogens (tertiary/aromatic N) is 2. The van der Waals surface area contributed by atoms with Gasteiger partial charge in [-0.25, -0.2) is 8.42 Å². The molecular weight excluding hydrogens is 460 g/mol. The van der Waals surface area contributed by atoms with Gasteiger partial charge in [0, 0.05) is 18.5 Å². The van der Waals surface area contributed by atoms with E-state index in [-0.39, 0.29) is 30.4 Å². The van der Waals surface area contributed by atoms with Crippen molar-refractivity contribution in [1.29, 1.82) is 0 Å². The van der Waals surface area contributed by atoms with Crippen LogP contribution in [0, 0.1) is 6.92 Å². The maximum absolute atomic E-state index is 13.8. The lowest BCUT2D eigenvalue weighted by molar-refractivity contribution is -0.133. The number of amides is 1. The lowest BCUT2D eigenvalue weighted by Crippen LogP contribution is -2.42. The maximum Gasteiger partial charge on any atom is 0.244 e. The summed E-state index contributed by atoms with van der Waals surface area (Å²) in [5.74, 6) is 1.14. The van der Waals surface area contributed by atoms with Crippen molar-refractivity contribution < 1.29 is 17.6 Å². The van der Waals surface area contributed by atoms with Crippen LogP contribution in [0.4, 0.5) is 0 Å². The molecule has 0 N–H and O–H groups in total. The van der Waals surface area contributed by atoms with Gasteiger partial charge in [0.2, 0.25) is 15.9 Å². The van der Waals surface area contributed by atoms with Gasteiger partial charge in [-0.2, -0.15) is 4.31 Å².